The van der Waals surface area contributed by atoms with E-state index in [1.54, 1.807) is 0 Å². The Bertz CT molecular complexity index is 2050. The molecule has 6 rings (SSSR count). The van der Waals surface area contributed by atoms with Gasteiger partial charge in [-0.2, -0.15) is 8.42 Å². The van der Waals surface area contributed by atoms with Crippen molar-refractivity contribution < 1.29 is 13.0 Å². The van der Waals surface area contributed by atoms with Gasteiger partial charge >= 0.3 is 0 Å². The van der Waals surface area contributed by atoms with Crippen LogP contribution in [0.15, 0.2) is 126 Å². The van der Waals surface area contributed by atoms with E-state index in [0.717, 1.165) is 22.8 Å². The molecule has 4 aromatic carbocycles. The molecule has 0 bridgehead atoms. The van der Waals surface area contributed by atoms with Crippen molar-refractivity contribution in [1.82, 2.24) is 0 Å². The molecule has 0 amide bonds. The summed E-state index contributed by atoms with van der Waals surface area (Å²) in [6.07, 6.45) is 15.5. The second kappa shape index (κ2) is 11.9. The van der Waals surface area contributed by atoms with E-state index in [0.29, 0.717) is 19.4 Å². The Morgan fingerprint density at radius 2 is 1.36 bits per heavy atom. The van der Waals surface area contributed by atoms with Gasteiger partial charge < -0.3 is 4.90 Å². The summed E-state index contributed by atoms with van der Waals surface area (Å²) < 4.78 is 31.8. The number of unbranched alkanes of at least 4 members (excludes halogenated alkanes) is 1. The summed E-state index contributed by atoms with van der Waals surface area (Å²) in [4.78, 5) is 7.27. The van der Waals surface area contributed by atoms with E-state index in [9.17, 15) is 13.0 Å². The zero-order valence-electron chi connectivity index (χ0n) is 26.4. The van der Waals surface area contributed by atoms with E-state index < -0.39 is 10.1 Å². The van der Waals surface area contributed by atoms with E-state index in [4.69, 9.17) is 4.99 Å². The Labute approximate surface area is 266 Å². The van der Waals surface area contributed by atoms with Crippen LogP contribution in [0.1, 0.15) is 51.7 Å². The van der Waals surface area contributed by atoms with Crippen molar-refractivity contribution in [3.05, 3.63) is 132 Å². The molecule has 2 aliphatic heterocycles. The van der Waals surface area contributed by atoms with Gasteiger partial charge in [-0.1, -0.05) is 119 Å². The number of aliphatic imine (C=N–C) groups is 1. The molecular formula is C39H40N2O3S. The number of benzene rings is 4. The second-order valence-electron chi connectivity index (χ2n) is 12.9. The maximum absolute atomic E-state index is 11.3. The molecule has 0 atom stereocenters. The third kappa shape index (κ3) is 5.92. The second-order valence-corrected chi connectivity index (χ2v) is 14.5. The Morgan fingerprint density at radius 1 is 0.733 bits per heavy atom. The highest BCUT2D eigenvalue weighted by atomic mass is 32.2. The van der Waals surface area contributed by atoms with E-state index in [1.165, 1.54) is 32.7 Å². The summed E-state index contributed by atoms with van der Waals surface area (Å²) in [6.45, 7) is 9.64. The Balaban J connectivity index is 1.21. The summed E-state index contributed by atoms with van der Waals surface area (Å²) >= 11 is 0. The predicted molar refractivity (Wildman–Crippen MR) is 190 cm³/mol. The van der Waals surface area contributed by atoms with Gasteiger partial charge in [0.05, 0.1) is 17.2 Å². The lowest BCUT2D eigenvalue weighted by atomic mass is 9.79. The molecule has 0 aliphatic carbocycles. The Hall–Kier alpha value is -4.26. The molecular weight excluding hydrogens is 577 g/mol. The van der Waals surface area contributed by atoms with Gasteiger partial charge in [-0.3, -0.25) is 9.55 Å². The molecule has 0 radical (unpaired) electrons. The molecule has 0 spiro atoms. The topological polar surface area (TPSA) is 70.0 Å². The Morgan fingerprint density at radius 3 is 2.07 bits per heavy atom. The average molecular weight is 617 g/mol. The standard InChI is InChI=1S/C39H40N2O3S/c1-38(2)34(40-32-24-22-28-16-10-12-18-30(28)36(32)38)20-8-6-5-7-9-21-35-39(3,4)37-31-19-13-11-17-29(31)23-25-33(37)41(35)26-14-15-27-45(42,43)44/h5-13,16-25H,14-15,26-27H2,1-4H3,(H,42,43,44)/b6-5+,9-7+,20-8+,35-21+. The molecule has 230 valence electrons. The van der Waals surface area contributed by atoms with Crippen LogP contribution in [-0.2, 0) is 20.9 Å². The summed E-state index contributed by atoms with van der Waals surface area (Å²) in [5.41, 5.74) is 6.53. The van der Waals surface area contributed by atoms with Gasteiger partial charge in [0.25, 0.3) is 10.1 Å². The van der Waals surface area contributed by atoms with Crippen molar-refractivity contribution >= 4 is 48.7 Å². The number of allylic oxidation sites excluding steroid dienone is 8. The highest BCUT2D eigenvalue weighted by Crippen LogP contribution is 2.51. The first-order chi connectivity index (χ1) is 21.5. The lowest BCUT2D eigenvalue weighted by Crippen LogP contribution is -2.27. The van der Waals surface area contributed by atoms with Crippen molar-refractivity contribution in [3.63, 3.8) is 0 Å². The number of hydrogen-bond donors (Lipinski definition) is 1. The van der Waals surface area contributed by atoms with Crippen molar-refractivity contribution in [3.8, 4) is 0 Å². The first-order valence-corrected chi connectivity index (χ1v) is 17.2. The van der Waals surface area contributed by atoms with Gasteiger partial charge in [0.2, 0.25) is 0 Å². The SMILES string of the molecule is CC1(C)C(/C=C/C=C/C=C/C=C2/N(CCCCS(=O)(=O)O)c3ccc4ccccc4c3C2(C)C)=Nc2ccc3ccccc3c21. The molecule has 6 heteroatoms. The Kier molecular flexibility index (Phi) is 8.14. The fraction of sp³-hybridized carbons (Fsp3) is 0.256. The van der Waals surface area contributed by atoms with Crippen LogP contribution in [0.3, 0.4) is 0 Å². The molecule has 2 aliphatic rings. The first-order valence-electron chi connectivity index (χ1n) is 15.6. The van der Waals surface area contributed by atoms with Gasteiger partial charge in [0.15, 0.2) is 0 Å². The molecule has 4 aromatic rings. The predicted octanol–water partition coefficient (Wildman–Crippen LogP) is 9.38. The van der Waals surface area contributed by atoms with E-state index >= 15 is 0 Å². The van der Waals surface area contributed by atoms with Crippen LogP contribution in [0.25, 0.3) is 21.5 Å². The van der Waals surface area contributed by atoms with E-state index in [2.05, 4.69) is 130 Å². The first kappa shape index (κ1) is 30.8. The monoisotopic (exact) mass is 616 g/mol. The van der Waals surface area contributed by atoms with Gasteiger partial charge in [0, 0.05) is 28.8 Å². The average Bonchev–Trinajstić information content (AvgIpc) is 3.39. The van der Waals surface area contributed by atoms with Crippen molar-refractivity contribution in [2.24, 2.45) is 4.99 Å². The van der Waals surface area contributed by atoms with Gasteiger partial charge in [-0.05, 0) is 69.8 Å². The van der Waals surface area contributed by atoms with Crippen molar-refractivity contribution in [2.75, 3.05) is 17.2 Å². The quantitative estimate of drug-likeness (QED) is 0.116. The normalized spacial score (nSPS) is 18.2. The number of anilines is 1. The minimum absolute atomic E-state index is 0.182. The van der Waals surface area contributed by atoms with Gasteiger partial charge in [-0.25, -0.2) is 0 Å². The van der Waals surface area contributed by atoms with Gasteiger partial charge in [0.1, 0.15) is 0 Å². The lowest BCUT2D eigenvalue weighted by molar-refractivity contribution is 0.480. The fourth-order valence-electron chi connectivity index (χ4n) is 6.97. The number of fused-ring (bicyclic) bond motifs is 6. The zero-order chi connectivity index (χ0) is 31.8. The molecule has 0 unspecified atom stereocenters. The van der Waals surface area contributed by atoms with Crippen LogP contribution in [0.5, 0.6) is 0 Å². The maximum atomic E-state index is 11.3. The molecule has 0 fully saturated rings. The summed E-state index contributed by atoms with van der Waals surface area (Å²) in [5.74, 6) is -0.224. The van der Waals surface area contributed by atoms with Crippen LogP contribution < -0.4 is 4.90 Å². The van der Waals surface area contributed by atoms with Gasteiger partial charge in [-0.15, -0.1) is 0 Å². The van der Waals surface area contributed by atoms with Crippen LogP contribution >= 0.6 is 0 Å². The van der Waals surface area contributed by atoms with E-state index in [-0.39, 0.29) is 16.6 Å². The zero-order valence-corrected chi connectivity index (χ0v) is 27.2. The summed E-state index contributed by atoms with van der Waals surface area (Å²) in [7, 11) is -3.97. The highest BCUT2D eigenvalue weighted by molar-refractivity contribution is 7.85. The minimum atomic E-state index is -3.97. The molecule has 1 N–H and O–H groups in total. The highest BCUT2D eigenvalue weighted by Gasteiger charge is 2.41. The summed E-state index contributed by atoms with van der Waals surface area (Å²) in [5, 5.41) is 4.93. The molecule has 45 heavy (non-hydrogen) atoms. The van der Waals surface area contributed by atoms with Crippen LogP contribution in [0, 0.1) is 0 Å². The smallest absolute Gasteiger partial charge is 0.264 e. The van der Waals surface area contributed by atoms with Crippen LogP contribution in [0.2, 0.25) is 0 Å². The minimum Gasteiger partial charge on any atom is -0.344 e. The van der Waals surface area contributed by atoms with E-state index in [1.807, 2.05) is 18.2 Å². The number of nitrogens with zero attached hydrogens (tertiary/aromatic N) is 2. The fourth-order valence-corrected chi connectivity index (χ4v) is 7.54. The molecule has 0 saturated heterocycles. The number of rotatable bonds is 9. The maximum Gasteiger partial charge on any atom is 0.264 e. The van der Waals surface area contributed by atoms with Crippen LogP contribution in [0.4, 0.5) is 11.4 Å². The molecule has 5 nitrogen and oxygen atoms in total. The molecule has 0 aromatic heterocycles. The summed E-state index contributed by atoms with van der Waals surface area (Å²) in [6, 6.07) is 25.6. The third-order valence-electron chi connectivity index (χ3n) is 9.15. The van der Waals surface area contributed by atoms with Crippen molar-refractivity contribution in [1.29, 1.82) is 0 Å². The van der Waals surface area contributed by atoms with Crippen LogP contribution in [-0.4, -0.2) is 31.0 Å². The molecule has 2 heterocycles. The largest absolute Gasteiger partial charge is 0.344 e. The third-order valence-corrected chi connectivity index (χ3v) is 9.96. The number of hydrogen-bond acceptors (Lipinski definition) is 4. The van der Waals surface area contributed by atoms with Crippen molar-refractivity contribution in [2.45, 2.75) is 51.4 Å². The molecule has 0 saturated carbocycles. The lowest BCUT2D eigenvalue weighted by Gasteiger charge is -2.27.